The molecule has 10 heteroatoms. The quantitative estimate of drug-likeness (QED) is 0.538. The molecule has 2 aromatic carbocycles. The molecule has 1 amide bonds. The highest BCUT2D eigenvalue weighted by atomic mass is 32.2. The van der Waals surface area contributed by atoms with Gasteiger partial charge in [-0.05, 0) is 49.6 Å². The molecule has 1 aliphatic heterocycles. The number of hydrogen-bond donors (Lipinski definition) is 1. The second-order valence-electron chi connectivity index (χ2n) is 9.00. The number of ether oxygens (including phenoxy) is 1. The number of carbonyl (C=O) groups is 1. The third-order valence-corrected chi connectivity index (χ3v) is 8.47. The zero-order valence-electron chi connectivity index (χ0n) is 19.6. The SMILES string of the molecule is Cc1ccc(NC(=O)CCc2nc3ccccc3c(=O)n2C2CC2)cc1S(=O)(=O)N1CCOCC1. The smallest absolute Gasteiger partial charge is 0.261 e. The Hall–Kier alpha value is -3.08. The molecule has 5 rings (SSSR count). The summed E-state index contributed by atoms with van der Waals surface area (Å²) in [5.74, 6) is 0.333. The van der Waals surface area contributed by atoms with Crippen molar-refractivity contribution in [2.75, 3.05) is 31.6 Å². The third kappa shape index (κ3) is 4.86. The maximum Gasteiger partial charge on any atom is 0.261 e. The maximum absolute atomic E-state index is 13.1. The second kappa shape index (κ2) is 9.52. The monoisotopic (exact) mass is 496 g/mol. The lowest BCUT2D eigenvalue weighted by Gasteiger charge is -2.26. The molecular formula is C25H28N4O5S. The van der Waals surface area contributed by atoms with E-state index < -0.39 is 10.0 Å². The normalized spacial score (nSPS) is 16.9. The number of hydrogen-bond acceptors (Lipinski definition) is 6. The van der Waals surface area contributed by atoms with Crippen LogP contribution in [0.15, 0.2) is 52.2 Å². The van der Waals surface area contributed by atoms with E-state index in [9.17, 15) is 18.0 Å². The molecule has 2 aliphatic rings. The van der Waals surface area contributed by atoms with Crippen molar-refractivity contribution < 1.29 is 17.9 Å². The zero-order valence-corrected chi connectivity index (χ0v) is 20.4. The molecule has 1 aliphatic carbocycles. The van der Waals surface area contributed by atoms with Crippen molar-refractivity contribution in [3.8, 4) is 0 Å². The highest BCUT2D eigenvalue weighted by molar-refractivity contribution is 7.89. The number of amides is 1. The number of benzene rings is 2. The number of sulfonamides is 1. The van der Waals surface area contributed by atoms with Crippen LogP contribution in [-0.4, -0.2) is 54.5 Å². The Balaban J connectivity index is 1.33. The Bertz CT molecular complexity index is 1440. The van der Waals surface area contributed by atoms with Gasteiger partial charge in [0.05, 0.1) is 29.0 Å². The summed E-state index contributed by atoms with van der Waals surface area (Å²) in [4.78, 5) is 30.6. The molecular weight excluding hydrogens is 468 g/mol. The van der Waals surface area contributed by atoms with E-state index in [1.165, 1.54) is 10.4 Å². The number of rotatable bonds is 7. The molecule has 184 valence electrons. The van der Waals surface area contributed by atoms with Crippen molar-refractivity contribution in [2.24, 2.45) is 0 Å². The van der Waals surface area contributed by atoms with Crippen molar-refractivity contribution in [2.45, 2.75) is 43.5 Å². The first-order valence-electron chi connectivity index (χ1n) is 11.8. The summed E-state index contributed by atoms with van der Waals surface area (Å²) >= 11 is 0. The van der Waals surface area contributed by atoms with Crippen LogP contribution in [0.2, 0.25) is 0 Å². The zero-order chi connectivity index (χ0) is 24.6. The minimum Gasteiger partial charge on any atom is -0.379 e. The minimum atomic E-state index is -3.69. The Morgan fingerprint density at radius 3 is 2.63 bits per heavy atom. The van der Waals surface area contributed by atoms with Gasteiger partial charge in [0.1, 0.15) is 5.82 Å². The number of nitrogens with one attached hydrogen (secondary N) is 1. The number of anilines is 1. The largest absolute Gasteiger partial charge is 0.379 e. The van der Waals surface area contributed by atoms with E-state index in [1.807, 2.05) is 12.1 Å². The number of para-hydroxylation sites is 1. The lowest BCUT2D eigenvalue weighted by atomic mass is 10.2. The number of aromatic nitrogens is 2. The van der Waals surface area contributed by atoms with Crippen molar-refractivity contribution in [1.82, 2.24) is 13.9 Å². The number of aryl methyl sites for hydroxylation is 2. The summed E-state index contributed by atoms with van der Waals surface area (Å²) in [6.07, 6.45) is 2.30. The fraction of sp³-hybridized carbons (Fsp3) is 0.400. The third-order valence-electron chi connectivity index (χ3n) is 6.43. The van der Waals surface area contributed by atoms with E-state index in [4.69, 9.17) is 4.74 Å². The number of morpholine rings is 1. The molecule has 0 unspecified atom stereocenters. The summed E-state index contributed by atoms with van der Waals surface area (Å²) in [5.41, 5.74) is 1.59. The predicted octanol–water partition coefficient (Wildman–Crippen LogP) is 2.63. The van der Waals surface area contributed by atoms with Crippen LogP contribution in [0.4, 0.5) is 5.69 Å². The van der Waals surface area contributed by atoms with Gasteiger partial charge in [0.2, 0.25) is 15.9 Å². The highest BCUT2D eigenvalue weighted by Gasteiger charge is 2.29. The summed E-state index contributed by atoms with van der Waals surface area (Å²) in [6.45, 7) is 3.08. The van der Waals surface area contributed by atoms with Crippen LogP contribution in [0, 0.1) is 6.92 Å². The first kappa shape index (κ1) is 23.7. The van der Waals surface area contributed by atoms with Crippen molar-refractivity contribution >= 4 is 32.5 Å². The van der Waals surface area contributed by atoms with E-state index in [-0.39, 0.29) is 28.8 Å². The topological polar surface area (TPSA) is 111 Å². The fourth-order valence-corrected chi connectivity index (χ4v) is 6.07. The average Bonchev–Trinajstić information content (AvgIpc) is 3.69. The molecule has 0 atom stereocenters. The summed E-state index contributed by atoms with van der Waals surface area (Å²) in [6, 6.07) is 12.3. The Morgan fingerprint density at radius 1 is 1.14 bits per heavy atom. The average molecular weight is 497 g/mol. The van der Waals surface area contributed by atoms with Gasteiger partial charge in [-0.1, -0.05) is 18.2 Å². The van der Waals surface area contributed by atoms with Crippen molar-refractivity contribution in [3.63, 3.8) is 0 Å². The van der Waals surface area contributed by atoms with E-state index in [1.54, 1.807) is 35.8 Å². The Kier molecular flexibility index (Phi) is 6.43. The lowest BCUT2D eigenvalue weighted by Crippen LogP contribution is -2.40. The highest BCUT2D eigenvalue weighted by Crippen LogP contribution is 2.35. The standard InChI is InChI=1S/C25H28N4O5S/c1-17-6-7-18(16-22(17)35(32,33)28-12-14-34-15-13-28)26-24(30)11-10-23-27-21-5-3-2-4-20(21)25(31)29(23)19-8-9-19/h2-7,16,19H,8-15H2,1H3,(H,26,30). The van der Waals surface area contributed by atoms with E-state index in [0.29, 0.717) is 60.7 Å². The molecule has 1 N–H and O–H groups in total. The fourth-order valence-electron chi connectivity index (χ4n) is 4.41. The van der Waals surface area contributed by atoms with Crippen molar-refractivity contribution in [3.05, 3.63) is 64.2 Å². The van der Waals surface area contributed by atoms with E-state index >= 15 is 0 Å². The van der Waals surface area contributed by atoms with Crippen LogP contribution in [-0.2, 0) is 26.0 Å². The molecule has 2 fully saturated rings. The molecule has 9 nitrogen and oxygen atoms in total. The summed E-state index contributed by atoms with van der Waals surface area (Å²) in [5, 5.41) is 3.39. The van der Waals surface area contributed by atoms with Gasteiger partial charge in [-0.2, -0.15) is 4.31 Å². The van der Waals surface area contributed by atoms with Gasteiger partial charge in [0.15, 0.2) is 0 Å². The van der Waals surface area contributed by atoms with Gasteiger partial charge in [-0.3, -0.25) is 14.2 Å². The predicted molar refractivity (Wildman–Crippen MR) is 132 cm³/mol. The molecule has 0 radical (unpaired) electrons. The maximum atomic E-state index is 13.1. The minimum absolute atomic E-state index is 0.0648. The van der Waals surface area contributed by atoms with E-state index in [2.05, 4.69) is 10.3 Å². The first-order valence-corrected chi connectivity index (χ1v) is 13.3. The van der Waals surface area contributed by atoms with E-state index in [0.717, 1.165) is 12.8 Å². The van der Waals surface area contributed by atoms with Crippen LogP contribution in [0.3, 0.4) is 0 Å². The van der Waals surface area contributed by atoms with Crippen molar-refractivity contribution in [1.29, 1.82) is 0 Å². The van der Waals surface area contributed by atoms with Crippen LogP contribution < -0.4 is 10.9 Å². The summed E-state index contributed by atoms with van der Waals surface area (Å²) < 4.78 is 34.6. The molecule has 0 bridgehead atoms. The first-order chi connectivity index (χ1) is 16.8. The number of nitrogens with zero attached hydrogens (tertiary/aromatic N) is 3. The molecule has 2 heterocycles. The number of carbonyl (C=O) groups excluding carboxylic acids is 1. The molecule has 1 saturated heterocycles. The second-order valence-corrected chi connectivity index (χ2v) is 10.9. The van der Waals surface area contributed by atoms with Gasteiger partial charge >= 0.3 is 0 Å². The van der Waals surface area contributed by atoms with Gasteiger partial charge in [0.25, 0.3) is 5.56 Å². The van der Waals surface area contributed by atoms with Crippen LogP contribution in [0.1, 0.15) is 36.7 Å². The van der Waals surface area contributed by atoms with Crippen LogP contribution in [0.25, 0.3) is 10.9 Å². The Labute approximate surface area is 203 Å². The molecule has 3 aromatic rings. The lowest BCUT2D eigenvalue weighted by molar-refractivity contribution is -0.116. The number of fused-ring (bicyclic) bond motifs is 1. The molecule has 0 spiro atoms. The van der Waals surface area contributed by atoms with Crippen LogP contribution in [0.5, 0.6) is 0 Å². The van der Waals surface area contributed by atoms with Gasteiger partial charge in [-0.25, -0.2) is 13.4 Å². The molecule has 1 saturated carbocycles. The van der Waals surface area contributed by atoms with Gasteiger partial charge in [0, 0.05) is 37.7 Å². The van der Waals surface area contributed by atoms with Gasteiger partial charge in [-0.15, -0.1) is 0 Å². The van der Waals surface area contributed by atoms with Gasteiger partial charge < -0.3 is 10.1 Å². The Morgan fingerprint density at radius 2 is 1.89 bits per heavy atom. The molecule has 35 heavy (non-hydrogen) atoms. The molecule has 1 aromatic heterocycles. The summed E-state index contributed by atoms with van der Waals surface area (Å²) in [7, 11) is -3.69. The van der Waals surface area contributed by atoms with Crippen LogP contribution >= 0.6 is 0 Å².